The number of aromatic carboxylic acids is 2. The molecule has 0 spiro atoms. The average molecular weight is 966 g/mol. The van der Waals surface area contributed by atoms with Crippen LogP contribution in [0.5, 0.6) is 0 Å². The van der Waals surface area contributed by atoms with Gasteiger partial charge < -0.3 is 45.4 Å². The van der Waals surface area contributed by atoms with E-state index in [2.05, 4.69) is 16.0 Å². The number of hydrogen-bond donors (Lipinski definition) is 5. The average Bonchev–Trinajstić information content (AvgIpc) is 3.32. The first-order valence-electron chi connectivity index (χ1n) is 22.7. The van der Waals surface area contributed by atoms with Crippen molar-refractivity contribution in [2.75, 3.05) is 31.3 Å². The van der Waals surface area contributed by atoms with Crippen LogP contribution in [0.3, 0.4) is 0 Å². The van der Waals surface area contributed by atoms with Crippen LogP contribution in [-0.4, -0.2) is 88.2 Å². The molecule has 3 unspecified atom stereocenters. The maximum absolute atomic E-state index is 14.0. The molecular weight excluding hydrogens is 911 g/mol. The number of carbonyl (C=O) groups excluding carboxylic acids is 6. The summed E-state index contributed by atoms with van der Waals surface area (Å²) in [6, 6.07) is 23.6. The Bertz CT molecular complexity index is 2920. The van der Waals surface area contributed by atoms with Gasteiger partial charge in [0, 0.05) is 74.7 Å². The number of hydrogen-bond acceptors (Lipinski definition) is 10. The maximum Gasteiger partial charge on any atom is 0.410 e. The summed E-state index contributed by atoms with van der Waals surface area (Å²) in [5.74, 6) is -4.93. The van der Waals surface area contributed by atoms with Gasteiger partial charge in [0.1, 0.15) is 6.61 Å². The molecule has 0 heterocycles. The lowest BCUT2D eigenvalue weighted by molar-refractivity contribution is -0.128. The van der Waals surface area contributed by atoms with Crippen molar-refractivity contribution in [1.29, 1.82) is 0 Å². The van der Waals surface area contributed by atoms with E-state index in [1.165, 1.54) is 61.0 Å². The van der Waals surface area contributed by atoms with Crippen molar-refractivity contribution in [1.82, 2.24) is 15.1 Å². The van der Waals surface area contributed by atoms with E-state index in [9.17, 15) is 48.6 Å². The van der Waals surface area contributed by atoms with Gasteiger partial charge in [0.2, 0.25) is 5.91 Å². The van der Waals surface area contributed by atoms with Crippen LogP contribution in [0.4, 0.5) is 16.2 Å². The molecule has 2 aliphatic rings. The number of carbonyl (C=O) groups is 8. The molecule has 368 valence electrons. The predicted octanol–water partition coefficient (Wildman–Crippen LogP) is 7.98. The van der Waals surface area contributed by atoms with Crippen molar-refractivity contribution in [3.8, 4) is 0 Å². The number of allylic oxidation sites excluding steroid dienone is 5. The van der Waals surface area contributed by atoms with Crippen LogP contribution in [0.1, 0.15) is 92.2 Å². The number of carboxylic acids is 2. The van der Waals surface area contributed by atoms with E-state index < -0.39 is 41.7 Å². The molecule has 0 saturated heterocycles. The van der Waals surface area contributed by atoms with Crippen LogP contribution >= 0.6 is 0 Å². The third kappa shape index (κ3) is 13.6. The Kier molecular flexibility index (Phi) is 16.9. The lowest BCUT2D eigenvalue weighted by Crippen LogP contribution is -2.30. The van der Waals surface area contributed by atoms with Gasteiger partial charge >= 0.3 is 18.0 Å². The zero-order valence-electron chi connectivity index (χ0n) is 40.1. The molecule has 0 radical (unpaired) electrons. The van der Waals surface area contributed by atoms with Gasteiger partial charge in [-0.3, -0.25) is 24.0 Å². The fourth-order valence-corrected chi connectivity index (χ4v) is 8.11. The SMILES string of the molecule is CC(=O)C1=C(C(=O)Nc2cccc(CN(C)C(=O)OCc3ccc(C(=O)O)c(C(=O)Nc4cccc(CN(C)C(C)=O)c4)c3)c2)C(C)C(COC2=CC(NC(=O)c3ccccc3C(=O)O)=CC(C)C2)C=C1. The van der Waals surface area contributed by atoms with E-state index in [0.29, 0.717) is 46.9 Å². The van der Waals surface area contributed by atoms with Gasteiger partial charge in [-0.25, -0.2) is 14.4 Å². The molecule has 17 nitrogen and oxygen atoms in total. The number of nitrogens with one attached hydrogen (secondary N) is 3. The number of anilines is 2. The molecule has 0 saturated carbocycles. The van der Waals surface area contributed by atoms with Crippen LogP contribution in [0.2, 0.25) is 0 Å². The third-order valence-electron chi connectivity index (χ3n) is 11.9. The molecule has 0 aliphatic heterocycles. The van der Waals surface area contributed by atoms with Gasteiger partial charge in [-0.15, -0.1) is 0 Å². The second kappa shape index (κ2) is 23.1. The largest absolute Gasteiger partial charge is 0.497 e. The maximum atomic E-state index is 14.0. The van der Waals surface area contributed by atoms with E-state index in [1.54, 1.807) is 79.9 Å². The summed E-state index contributed by atoms with van der Waals surface area (Å²) in [5.41, 5.74) is 3.04. The summed E-state index contributed by atoms with van der Waals surface area (Å²) >= 11 is 0. The number of ketones is 1. The molecule has 17 heteroatoms. The summed E-state index contributed by atoms with van der Waals surface area (Å²) in [5, 5.41) is 27.8. The van der Waals surface area contributed by atoms with Gasteiger partial charge in [0.25, 0.3) is 17.7 Å². The van der Waals surface area contributed by atoms with E-state index in [0.717, 1.165) is 5.56 Å². The highest BCUT2D eigenvalue weighted by molar-refractivity contribution is 6.12. The Morgan fingerprint density at radius 2 is 1.25 bits per heavy atom. The Hall–Kier alpha value is -8.60. The zero-order chi connectivity index (χ0) is 51.5. The zero-order valence-corrected chi connectivity index (χ0v) is 40.1. The molecular formula is C54H55N5O12. The summed E-state index contributed by atoms with van der Waals surface area (Å²) in [6.45, 7) is 6.87. The number of ether oxygens (including phenoxy) is 2. The van der Waals surface area contributed by atoms with Crippen LogP contribution in [0, 0.1) is 17.8 Å². The van der Waals surface area contributed by atoms with Gasteiger partial charge in [0.05, 0.1) is 34.6 Å². The number of benzene rings is 4. The summed E-state index contributed by atoms with van der Waals surface area (Å²) in [6.07, 6.45) is 6.82. The molecule has 4 aromatic carbocycles. The van der Waals surface area contributed by atoms with E-state index in [1.807, 2.05) is 26.0 Å². The lowest BCUT2D eigenvalue weighted by atomic mass is 9.79. The monoisotopic (exact) mass is 965 g/mol. The first kappa shape index (κ1) is 51.8. The molecule has 4 aromatic rings. The van der Waals surface area contributed by atoms with Gasteiger partial charge in [-0.05, 0) is 90.1 Å². The molecule has 3 atom stereocenters. The van der Waals surface area contributed by atoms with Gasteiger partial charge in [-0.2, -0.15) is 0 Å². The summed E-state index contributed by atoms with van der Waals surface area (Å²) in [7, 11) is 3.16. The second-order valence-corrected chi connectivity index (χ2v) is 17.5. The minimum atomic E-state index is -1.32. The molecule has 6 rings (SSSR count). The molecule has 0 bridgehead atoms. The van der Waals surface area contributed by atoms with Crippen molar-refractivity contribution >= 4 is 58.8 Å². The van der Waals surface area contributed by atoms with Crippen molar-refractivity contribution in [2.45, 2.75) is 53.8 Å². The Balaban J connectivity index is 1.05. The van der Waals surface area contributed by atoms with Crippen LogP contribution in [0.15, 0.2) is 138 Å². The molecule has 71 heavy (non-hydrogen) atoms. The van der Waals surface area contributed by atoms with Gasteiger partial charge in [0.15, 0.2) is 5.78 Å². The number of nitrogens with zero attached hydrogens (tertiary/aromatic N) is 2. The Morgan fingerprint density at radius 3 is 1.87 bits per heavy atom. The Labute approximate surface area is 410 Å². The molecule has 2 aliphatic carbocycles. The van der Waals surface area contributed by atoms with E-state index >= 15 is 0 Å². The third-order valence-corrected chi connectivity index (χ3v) is 11.9. The Morgan fingerprint density at radius 1 is 0.662 bits per heavy atom. The highest BCUT2D eigenvalue weighted by atomic mass is 16.6. The van der Waals surface area contributed by atoms with Crippen LogP contribution in [-0.2, 0) is 43.6 Å². The molecule has 5 amide bonds. The molecule has 0 fully saturated rings. The molecule has 0 aromatic heterocycles. The van der Waals surface area contributed by atoms with Crippen LogP contribution in [0.25, 0.3) is 0 Å². The van der Waals surface area contributed by atoms with Crippen molar-refractivity contribution in [2.24, 2.45) is 17.8 Å². The minimum Gasteiger partial charge on any atom is -0.497 e. The number of rotatable bonds is 18. The van der Waals surface area contributed by atoms with Crippen LogP contribution < -0.4 is 16.0 Å². The fourth-order valence-electron chi connectivity index (χ4n) is 8.11. The van der Waals surface area contributed by atoms with E-state index in [-0.39, 0.29) is 76.7 Å². The second-order valence-electron chi connectivity index (χ2n) is 17.5. The topological polar surface area (TPSA) is 238 Å². The standard InChI is InChI=1S/C54H55N5O12/c1-31-21-41(57-49(62)44-15-7-8-16-45(44)52(65)66)26-42(22-31)70-30-38-18-20-43(33(3)60)48(32(38)2)51(64)56-40-14-10-12-36(24-40)28-59(6)54(69)71-29-37-17-19-46(53(67)68)47(25-37)50(63)55-39-13-9-11-35(23-39)27-58(5)34(4)61/h7-21,23-26,31-32,38H,22,27-30H2,1-6H3,(H,55,63)(H,56,64)(H,57,62)(H,65,66)(H,67,68). The number of carboxylic acid groups (broad SMARTS) is 2. The van der Waals surface area contributed by atoms with Crippen molar-refractivity contribution in [3.05, 3.63) is 177 Å². The molecule has 5 N–H and O–H groups in total. The summed E-state index contributed by atoms with van der Waals surface area (Å²) < 4.78 is 11.8. The normalized spacial score (nSPS) is 16.1. The fraction of sp³-hybridized carbons (Fsp3) is 0.259. The first-order valence-corrected chi connectivity index (χ1v) is 22.7. The van der Waals surface area contributed by atoms with Gasteiger partial charge in [-0.1, -0.05) is 74.5 Å². The first-order chi connectivity index (χ1) is 33.8. The smallest absolute Gasteiger partial charge is 0.410 e. The number of amides is 5. The van der Waals surface area contributed by atoms with Crippen molar-refractivity contribution in [3.63, 3.8) is 0 Å². The number of Topliss-reactive ketones (excluding diaryl/α,β-unsaturated/α-hetero) is 1. The lowest BCUT2D eigenvalue weighted by Gasteiger charge is -2.29. The minimum absolute atomic E-state index is 0.0170. The van der Waals surface area contributed by atoms with Crippen molar-refractivity contribution < 1.29 is 58.0 Å². The van der Waals surface area contributed by atoms with E-state index in [4.69, 9.17) is 9.47 Å². The summed E-state index contributed by atoms with van der Waals surface area (Å²) in [4.78, 5) is 105. The quantitative estimate of drug-likeness (QED) is 0.0638. The highest BCUT2D eigenvalue weighted by Crippen LogP contribution is 2.33. The predicted molar refractivity (Wildman–Crippen MR) is 263 cm³/mol. The highest BCUT2D eigenvalue weighted by Gasteiger charge is 2.32.